The molecule has 2 rings (SSSR count). The Morgan fingerprint density at radius 3 is 2.77 bits per heavy atom. The molecule has 0 unspecified atom stereocenters. The molecule has 2 nitrogen and oxygen atoms in total. The number of anilines is 1. The lowest BCUT2D eigenvalue weighted by Crippen LogP contribution is -1.88. The summed E-state index contributed by atoms with van der Waals surface area (Å²) in [7, 11) is 0. The van der Waals surface area contributed by atoms with Crippen LogP contribution in [0.2, 0.25) is 0 Å². The van der Waals surface area contributed by atoms with Crippen molar-refractivity contribution in [2.45, 2.75) is 6.61 Å². The van der Waals surface area contributed by atoms with Crippen LogP contribution in [0.3, 0.4) is 0 Å². The van der Waals surface area contributed by atoms with Crippen molar-refractivity contribution in [3.63, 3.8) is 0 Å². The van der Waals surface area contributed by atoms with Gasteiger partial charge in [-0.1, -0.05) is 24.3 Å². The van der Waals surface area contributed by atoms with E-state index in [4.69, 9.17) is 10.8 Å². The van der Waals surface area contributed by atoms with Gasteiger partial charge >= 0.3 is 0 Å². The molecule has 0 saturated carbocycles. The molecule has 3 N–H and O–H groups in total. The highest BCUT2D eigenvalue weighted by atomic mass is 16.3. The van der Waals surface area contributed by atoms with Crippen molar-refractivity contribution < 1.29 is 5.11 Å². The SMILES string of the molecule is Nc1ccc2c(CO)cccc2c1. The summed E-state index contributed by atoms with van der Waals surface area (Å²) in [4.78, 5) is 0. The summed E-state index contributed by atoms with van der Waals surface area (Å²) in [5.41, 5.74) is 7.35. The molecule has 2 heteroatoms. The van der Waals surface area contributed by atoms with E-state index in [-0.39, 0.29) is 6.61 Å². The number of aliphatic hydroxyl groups is 1. The lowest BCUT2D eigenvalue weighted by atomic mass is 10.0. The quantitative estimate of drug-likeness (QED) is 0.647. The third-order valence-electron chi connectivity index (χ3n) is 2.17. The minimum Gasteiger partial charge on any atom is -0.399 e. The highest BCUT2D eigenvalue weighted by Gasteiger charge is 1.98. The van der Waals surface area contributed by atoms with E-state index in [9.17, 15) is 0 Å². The van der Waals surface area contributed by atoms with Crippen molar-refractivity contribution in [3.8, 4) is 0 Å². The van der Waals surface area contributed by atoms with E-state index in [1.165, 1.54) is 0 Å². The van der Waals surface area contributed by atoms with Gasteiger partial charge in [0.25, 0.3) is 0 Å². The molecule has 0 spiro atoms. The van der Waals surface area contributed by atoms with Crippen molar-refractivity contribution in [2.24, 2.45) is 0 Å². The topological polar surface area (TPSA) is 46.2 Å². The minimum atomic E-state index is 0.0707. The van der Waals surface area contributed by atoms with E-state index < -0.39 is 0 Å². The molecule has 2 aromatic rings. The van der Waals surface area contributed by atoms with Gasteiger partial charge in [0.1, 0.15) is 0 Å². The van der Waals surface area contributed by atoms with Crippen molar-refractivity contribution >= 4 is 16.5 Å². The first-order valence-electron chi connectivity index (χ1n) is 4.19. The van der Waals surface area contributed by atoms with Crippen molar-refractivity contribution in [1.82, 2.24) is 0 Å². The van der Waals surface area contributed by atoms with Gasteiger partial charge in [0.05, 0.1) is 6.61 Å². The van der Waals surface area contributed by atoms with Crippen molar-refractivity contribution in [3.05, 3.63) is 42.0 Å². The number of fused-ring (bicyclic) bond motifs is 1. The van der Waals surface area contributed by atoms with Crippen LogP contribution in [0.15, 0.2) is 36.4 Å². The molecule has 0 bridgehead atoms. The number of aliphatic hydroxyl groups excluding tert-OH is 1. The molecule has 0 amide bonds. The summed E-state index contributed by atoms with van der Waals surface area (Å²) in [6.07, 6.45) is 0. The zero-order valence-electron chi connectivity index (χ0n) is 7.20. The van der Waals surface area contributed by atoms with Gasteiger partial charge in [0.2, 0.25) is 0 Å². The van der Waals surface area contributed by atoms with Gasteiger partial charge in [-0.2, -0.15) is 0 Å². The van der Waals surface area contributed by atoms with Crippen LogP contribution < -0.4 is 5.73 Å². The molecule has 0 saturated heterocycles. The molecule has 0 aromatic heterocycles. The molecule has 0 aliphatic rings. The van der Waals surface area contributed by atoms with Crippen LogP contribution in [0.25, 0.3) is 10.8 Å². The molecule has 2 aromatic carbocycles. The van der Waals surface area contributed by atoms with Gasteiger partial charge in [0, 0.05) is 5.69 Å². The predicted molar refractivity (Wildman–Crippen MR) is 54.3 cm³/mol. The Morgan fingerprint density at radius 2 is 2.00 bits per heavy atom. The van der Waals surface area contributed by atoms with Crippen LogP contribution in [0.5, 0.6) is 0 Å². The van der Waals surface area contributed by atoms with E-state index in [0.29, 0.717) is 0 Å². The average Bonchev–Trinajstić information content (AvgIpc) is 2.16. The second-order valence-corrected chi connectivity index (χ2v) is 3.06. The fourth-order valence-corrected chi connectivity index (χ4v) is 1.51. The smallest absolute Gasteiger partial charge is 0.0687 e. The Bertz CT molecular complexity index is 437. The van der Waals surface area contributed by atoms with E-state index in [1.54, 1.807) is 0 Å². The Balaban J connectivity index is 2.77. The van der Waals surface area contributed by atoms with Crippen molar-refractivity contribution in [2.75, 3.05) is 5.73 Å². The second kappa shape index (κ2) is 3.07. The number of hydrogen-bond donors (Lipinski definition) is 2. The van der Waals surface area contributed by atoms with E-state index in [2.05, 4.69) is 0 Å². The number of rotatable bonds is 1. The van der Waals surface area contributed by atoms with Gasteiger partial charge in [-0.15, -0.1) is 0 Å². The van der Waals surface area contributed by atoms with Crippen LogP contribution in [0, 0.1) is 0 Å². The Labute approximate surface area is 76.6 Å². The maximum Gasteiger partial charge on any atom is 0.0687 e. The summed E-state index contributed by atoms with van der Waals surface area (Å²) < 4.78 is 0. The van der Waals surface area contributed by atoms with Gasteiger partial charge in [0.15, 0.2) is 0 Å². The first-order valence-corrected chi connectivity index (χ1v) is 4.19. The highest BCUT2D eigenvalue weighted by Crippen LogP contribution is 2.20. The Morgan fingerprint density at radius 1 is 1.15 bits per heavy atom. The minimum absolute atomic E-state index is 0.0707. The molecule has 0 aliphatic carbocycles. The fourth-order valence-electron chi connectivity index (χ4n) is 1.51. The summed E-state index contributed by atoms with van der Waals surface area (Å²) in [6.45, 7) is 0.0707. The first-order chi connectivity index (χ1) is 6.31. The molecule has 13 heavy (non-hydrogen) atoms. The molecular formula is C11H11NO. The molecular weight excluding hydrogens is 162 g/mol. The van der Waals surface area contributed by atoms with E-state index in [0.717, 1.165) is 22.0 Å². The summed E-state index contributed by atoms with van der Waals surface area (Å²) in [5, 5.41) is 11.2. The maximum atomic E-state index is 9.07. The molecule has 0 atom stereocenters. The highest BCUT2D eigenvalue weighted by molar-refractivity contribution is 5.88. The normalized spacial score (nSPS) is 10.5. The van der Waals surface area contributed by atoms with Crippen LogP contribution >= 0.6 is 0 Å². The Kier molecular flexibility index (Phi) is 1.91. The average molecular weight is 173 g/mol. The van der Waals surface area contributed by atoms with Gasteiger partial charge < -0.3 is 10.8 Å². The third-order valence-corrected chi connectivity index (χ3v) is 2.17. The molecule has 0 heterocycles. The summed E-state index contributed by atoms with van der Waals surface area (Å²) >= 11 is 0. The van der Waals surface area contributed by atoms with Crippen LogP contribution in [-0.2, 0) is 6.61 Å². The number of nitrogens with two attached hydrogens (primary N) is 1. The summed E-state index contributed by atoms with van der Waals surface area (Å²) in [5.74, 6) is 0. The van der Waals surface area contributed by atoms with Crippen molar-refractivity contribution in [1.29, 1.82) is 0 Å². The van der Waals surface area contributed by atoms with Crippen LogP contribution in [0.4, 0.5) is 5.69 Å². The largest absolute Gasteiger partial charge is 0.399 e. The van der Waals surface area contributed by atoms with E-state index in [1.807, 2.05) is 36.4 Å². The molecule has 0 radical (unpaired) electrons. The maximum absolute atomic E-state index is 9.07. The van der Waals surface area contributed by atoms with Gasteiger partial charge in [-0.25, -0.2) is 0 Å². The van der Waals surface area contributed by atoms with Gasteiger partial charge in [-0.3, -0.25) is 0 Å². The fraction of sp³-hybridized carbons (Fsp3) is 0.0909. The number of hydrogen-bond acceptors (Lipinski definition) is 2. The van der Waals surface area contributed by atoms with Gasteiger partial charge in [-0.05, 0) is 28.5 Å². The Hall–Kier alpha value is -1.54. The number of benzene rings is 2. The van der Waals surface area contributed by atoms with Crippen LogP contribution in [0.1, 0.15) is 5.56 Å². The monoisotopic (exact) mass is 173 g/mol. The zero-order chi connectivity index (χ0) is 9.26. The molecule has 66 valence electrons. The lowest BCUT2D eigenvalue weighted by Gasteiger charge is -2.03. The lowest BCUT2D eigenvalue weighted by molar-refractivity contribution is 0.283. The molecule has 0 fully saturated rings. The second-order valence-electron chi connectivity index (χ2n) is 3.06. The number of nitrogen functional groups attached to an aromatic ring is 1. The van der Waals surface area contributed by atoms with Crippen LogP contribution in [-0.4, -0.2) is 5.11 Å². The zero-order valence-corrected chi connectivity index (χ0v) is 7.20. The third kappa shape index (κ3) is 1.36. The molecule has 0 aliphatic heterocycles. The summed E-state index contributed by atoms with van der Waals surface area (Å²) in [6, 6.07) is 11.5. The standard InChI is InChI=1S/C11H11NO/c12-10-4-5-11-8(6-10)2-1-3-9(11)7-13/h1-6,13H,7,12H2. The van der Waals surface area contributed by atoms with E-state index >= 15 is 0 Å². The first kappa shape index (κ1) is 8.08. The predicted octanol–water partition coefficient (Wildman–Crippen LogP) is 1.91.